The maximum Gasteiger partial charge on any atom is 0.339 e. The number of amides is 2. The molecule has 0 aliphatic heterocycles. The first-order valence-electron chi connectivity index (χ1n) is 7.69. The number of benzene rings is 2. The van der Waals surface area contributed by atoms with E-state index in [2.05, 4.69) is 10.1 Å². The Bertz CT molecular complexity index is 799. The summed E-state index contributed by atoms with van der Waals surface area (Å²) in [6.45, 7) is 0.661. The number of rotatable bonds is 6. The molecule has 1 N–H and O–H groups in total. The molecule has 0 saturated heterocycles. The first-order chi connectivity index (χ1) is 12.4. The molecule has 2 aromatic rings. The van der Waals surface area contributed by atoms with Crippen molar-refractivity contribution in [2.45, 2.75) is 0 Å². The lowest BCUT2D eigenvalue weighted by Crippen LogP contribution is -2.34. The van der Waals surface area contributed by atoms with Gasteiger partial charge in [-0.05, 0) is 36.4 Å². The van der Waals surface area contributed by atoms with Crippen LogP contribution < -0.4 is 10.1 Å². The van der Waals surface area contributed by atoms with Gasteiger partial charge in [-0.15, -0.1) is 0 Å². The Labute approximate surface area is 161 Å². The molecule has 0 aliphatic carbocycles. The van der Waals surface area contributed by atoms with Crippen molar-refractivity contribution in [3.8, 4) is 5.75 Å². The normalized spacial score (nSPS) is 10.2. The molecule has 0 atom stereocenters. The molecule has 0 spiro atoms. The molecule has 2 amide bonds. The van der Waals surface area contributed by atoms with Crippen LogP contribution in [0.5, 0.6) is 5.75 Å². The fourth-order valence-corrected chi connectivity index (χ4v) is 2.42. The minimum atomic E-state index is -0.575. The van der Waals surface area contributed by atoms with Crippen LogP contribution in [-0.4, -0.2) is 44.2 Å². The van der Waals surface area contributed by atoms with Crippen molar-refractivity contribution in [3.63, 3.8) is 0 Å². The number of nitrogens with zero attached hydrogens (tertiary/aromatic N) is 1. The number of hydrogen-bond acceptors (Lipinski definition) is 4. The Hall–Kier alpha value is -2.44. The molecule has 8 heteroatoms. The monoisotopic (exact) mass is 396 g/mol. The molecule has 26 heavy (non-hydrogen) atoms. The van der Waals surface area contributed by atoms with Crippen LogP contribution >= 0.6 is 23.2 Å². The first kappa shape index (κ1) is 19.9. The van der Waals surface area contributed by atoms with Crippen LogP contribution in [-0.2, 0) is 4.74 Å². The molecular weight excluding hydrogens is 379 g/mol. The number of esters is 1. The van der Waals surface area contributed by atoms with Crippen molar-refractivity contribution >= 4 is 40.9 Å². The summed E-state index contributed by atoms with van der Waals surface area (Å²) in [6, 6.07) is 11.3. The predicted molar refractivity (Wildman–Crippen MR) is 101 cm³/mol. The van der Waals surface area contributed by atoms with Gasteiger partial charge in [-0.1, -0.05) is 29.3 Å². The van der Waals surface area contributed by atoms with Crippen molar-refractivity contribution in [3.05, 3.63) is 58.1 Å². The lowest BCUT2D eigenvalue weighted by atomic mass is 10.2. The summed E-state index contributed by atoms with van der Waals surface area (Å²) < 4.78 is 10.2. The number of methoxy groups -OCH3 is 1. The van der Waals surface area contributed by atoms with Crippen LogP contribution in [0.4, 0.5) is 10.5 Å². The van der Waals surface area contributed by atoms with Gasteiger partial charge in [0.15, 0.2) is 0 Å². The lowest BCUT2D eigenvalue weighted by molar-refractivity contribution is 0.0601. The van der Waals surface area contributed by atoms with Crippen LogP contribution in [0.15, 0.2) is 42.5 Å². The standard InChI is InChI=1S/C18H18Cl2N2O4/c1-22(8-9-26-14-5-3-4-12(19)10-14)18(24)21-13-6-7-16(20)15(11-13)17(23)25-2/h3-7,10-11H,8-9H2,1-2H3,(H,21,24). The zero-order valence-corrected chi connectivity index (χ0v) is 15.8. The Kier molecular flexibility index (Phi) is 7.12. The molecule has 0 saturated carbocycles. The van der Waals surface area contributed by atoms with Gasteiger partial charge in [0.25, 0.3) is 0 Å². The highest BCUT2D eigenvalue weighted by molar-refractivity contribution is 6.33. The van der Waals surface area contributed by atoms with Gasteiger partial charge in [-0.25, -0.2) is 9.59 Å². The van der Waals surface area contributed by atoms with Gasteiger partial charge < -0.3 is 19.7 Å². The molecule has 0 aliphatic rings. The SMILES string of the molecule is COC(=O)c1cc(NC(=O)N(C)CCOc2cccc(Cl)c2)ccc1Cl. The van der Waals surface area contributed by atoms with Gasteiger partial charge in [0.1, 0.15) is 12.4 Å². The summed E-state index contributed by atoms with van der Waals surface area (Å²) in [4.78, 5) is 25.3. The third-order valence-corrected chi connectivity index (χ3v) is 4.03. The van der Waals surface area contributed by atoms with E-state index in [1.54, 1.807) is 37.4 Å². The third kappa shape index (κ3) is 5.54. The molecule has 6 nitrogen and oxygen atoms in total. The van der Waals surface area contributed by atoms with Crippen LogP contribution in [0.3, 0.4) is 0 Å². The number of halogens is 2. The van der Waals surface area contributed by atoms with Crippen LogP contribution in [0.1, 0.15) is 10.4 Å². The molecule has 138 valence electrons. The Morgan fingerprint density at radius 2 is 1.92 bits per heavy atom. The number of urea groups is 1. The first-order valence-corrected chi connectivity index (χ1v) is 8.44. The number of anilines is 1. The maximum absolute atomic E-state index is 12.2. The fourth-order valence-electron chi connectivity index (χ4n) is 2.05. The van der Waals surface area contributed by atoms with Crippen LogP contribution in [0, 0.1) is 0 Å². The summed E-state index contributed by atoms with van der Waals surface area (Å²) >= 11 is 11.8. The highest BCUT2D eigenvalue weighted by Gasteiger charge is 2.14. The zero-order chi connectivity index (χ0) is 19.1. The van der Waals surface area contributed by atoms with E-state index >= 15 is 0 Å². The largest absolute Gasteiger partial charge is 0.492 e. The van der Waals surface area contributed by atoms with Crippen molar-refractivity contribution in [1.29, 1.82) is 0 Å². The zero-order valence-electron chi connectivity index (χ0n) is 14.3. The van der Waals surface area contributed by atoms with Gasteiger partial charge in [0, 0.05) is 17.8 Å². The Balaban J connectivity index is 1.89. The van der Waals surface area contributed by atoms with Crippen molar-refractivity contribution in [2.75, 3.05) is 32.6 Å². The average Bonchev–Trinajstić information content (AvgIpc) is 2.62. The molecule has 0 bridgehead atoms. The van der Waals surface area contributed by atoms with Crippen molar-refractivity contribution in [1.82, 2.24) is 4.90 Å². The topological polar surface area (TPSA) is 67.9 Å². The summed E-state index contributed by atoms with van der Waals surface area (Å²) in [7, 11) is 2.89. The second-order valence-corrected chi connectivity index (χ2v) is 6.19. The Morgan fingerprint density at radius 1 is 1.15 bits per heavy atom. The second-order valence-electron chi connectivity index (χ2n) is 5.34. The maximum atomic E-state index is 12.2. The minimum absolute atomic E-state index is 0.180. The van der Waals surface area contributed by atoms with E-state index in [0.717, 1.165) is 0 Å². The van der Waals surface area contributed by atoms with Crippen LogP contribution in [0.2, 0.25) is 10.0 Å². The number of nitrogens with one attached hydrogen (secondary N) is 1. The predicted octanol–water partition coefficient (Wildman–Crippen LogP) is 4.32. The molecule has 2 aromatic carbocycles. The van der Waals surface area contributed by atoms with Gasteiger partial charge in [0.05, 0.1) is 24.2 Å². The van der Waals surface area contributed by atoms with E-state index in [1.807, 2.05) is 0 Å². The van der Waals surface area contributed by atoms with Gasteiger partial charge in [0.2, 0.25) is 0 Å². The molecule has 0 fully saturated rings. The summed E-state index contributed by atoms with van der Waals surface area (Å²) in [6.07, 6.45) is 0. The van der Waals surface area contributed by atoms with Gasteiger partial charge in [-0.3, -0.25) is 0 Å². The fraction of sp³-hybridized carbons (Fsp3) is 0.222. The molecule has 0 unspecified atom stereocenters. The van der Waals surface area contributed by atoms with E-state index in [0.29, 0.717) is 29.6 Å². The van der Waals surface area contributed by atoms with Gasteiger partial charge in [-0.2, -0.15) is 0 Å². The number of carbonyl (C=O) groups excluding carboxylic acids is 2. The van der Waals surface area contributed by atoms with E-state index in [1.165, 1.54) is 24.1 Å². The highest BCUT2D eigenvalue weighted by atomic mass is 35.5. The molecule has 0 radical (unpaired) electrons. The summed E-state index contributed by atoms with van der Waals surface area (Å²) in [5.74, 6) is 0.0566. The van der Waals surface area contributed by atoms with Crippen molar-refractivity contribution < 1.29 is 19.1 Å². The number of ether oxygens (including phenoxy) is 2. The third-order valence-electron chi connectivity index (χ3n) is 3.46. The summed E-state index contributed by atoms with van der Waals surface area (Å²) in [5, 5.41) is 3.52. The molecule has 0 aromatic heterocycles. The quantitative estimate of drug-likeness (QED) is 0.738. The number of hydrogen-bond donors (Lipinski definition) is 1. The van der Waals surface area contributed by atoms with E-state index in [-0.39, 0.29) is 16.6 Å². The van der Waals surface area contributed by atoms with E-state index in [9.17, 15) is 9.59 Å². The molecular formula is C18H18Cl2N2O4. The Morgan fingerprint density at radius 3 is 2.62 bits per heavy atom. The smallest absolute Gasteiger partial charge is 0.339 e. The number of carbonyl (C=O) groups is 2. The molecule has 2 rings (SSSR count). The minimum Gasteiger partial charge on any atom is -0.492 e. The van der Waals surface area contributed by atoms with Gasteiger partial charge >= 0.3 is 12.0 Å². The molecule has 0 heterocycles. The second kappa shape index (κ2) is 9.31. The van der Waals surface area contributed by atoms with E-state index < -0.39 is 5.97 Å². The number of likely N-dealkylation sites (N-methyl/N-ethyl adjacent to an activating group) is 1. The van der Waals surface area contributed by atoms with E-state index in [4.69, 9.17) is 27.9 Å². The lowest BCUT2D eigenvalue weighted by Gasteiger charge is -2.18. The average molecular weight is 397 g/mol. The highest BCUT2D eigenvalue weighted by Crippen LogP contribution is 2.21. The van der Waals surface area contributed by atoms with Crippen LogP contribution in [0.25, 0.3) is 0 Å². The summed E-state index contributed by atoms with van der Waals surface area (Å²) in [5.41, 5.74) is 0.612. The van der Waals surface area contributed by atoms with Crippen molar-refractivity contribution in [2.24, 2.45) is 0 Å².